The van der Waals surface area contributed by atoms with E-state index in [4.69, 9.17) is 4.74 Å². The second-order valence-corrected chi connectivity index (χ2v) is 11.2. The predicted octanol–water partition coefficient (Wildman–Crippen LogP) is 10.7. The number of hydrogen-bond donors (Lipinski definition) is 0. The van der Waals surface area contributed by atoms with Crippen LogP contribution < -0.4 is 0 Å². The third kappa shape index (κ3) is 23.0. The fourth-order valence-corrected chi connectivity index (χ4v) is 5.24. The lowest BCUT2D eigenvalue weighted by atomic mass is 9.88. The summed E-state index contributed by atoms with van der Waals surface area (Å²) in [6.45, 7) is 11.8. The lowest BCUT2D eigenvalue weighted by molar-refractivity contribution is -0.148. The van der Waals surface area contributed by atoms with Gasteiger partial charge >= 0.3 is 5.97 Å². The minimum atomic E-state index is 0.0153. The zero-order valence-electron chi connectivity index (χ0n) is 23.6. The fourth-order valence-electron chi connectivity index (χ4n) is 5.24. The summed E-state index contributed by atoms with van der Waals surface area (Å²) in [5, 5.41) is 0. The quantitative estimate of drug-likeness (QED) is 0.0987. The van der Waals surface area contributed by atoms with Crippen molar-refractivity contribution < 1.29 is 9.53 Å². The summed E-state index contributed by atoms with van der Waals surface area (Å²) in [4.78, 5) is 12.2. The molecule has 2 nitrogen and oxygen atoms in total. The Kier molecular flexibility index (Phi) is 24.2. The van der Waals surface area contributed by atoms with Gasteiger partial charge in [0.15, 0.2) is 0 Å². The van der Waals surface area contributed by atoms with Gasteiger partial charge in [-0.2, -0.15) is 0 Å². The molecule has 0 bridgehead atoms. The first-order valence-electron chi connectivity index (χ1n) is 15.2. The topological polar surface area (TPSA) is 26.3 Å². The van der Waals surface area contributed by atoms with Gasteiger partial charge in [0.2, 0.25) is 0 Å². The average molecular weight is 467 g/mol. The van der Waals surface area contributed by atoms with Gasteiger partial charge in [0.1, 0.15) is 0 Å². The first-order valence-corrected chi connectivity index (χ1v) is 15.2. The van der Waals surface area contributed by atoms with E-state index in [1.165, 1.54) is 122 Å². The molecule has 0 aromatic rings. The monoisotopic (exact) mass is 466 g/mol. The summed E-state index contributed by atoms with van der Waals surface area (Å²) in [6.07, 6.45) is 28.1. The van der Waals surface area contributed by atoms with E-state index >= 15 is 0 Å². The van der Waals surface area contributed by atoms with E-state index in [1.54, 1.807) is 0 Å². The Morgan fingerprint density at radius 2 is 0.970 bits per heavy atom. The Balaban J connectivity index is 3.37. The van der Waals surface area contributed by atoms with Gasteiger partial charge in [-0.15, -0.1) is 0 Å². The number of esters is 1. The van der Waals surface area contributed by atoms with Gasteiger partial charge < -0.3 is 4.74 Å². The molecule has 0 rings (SSSR count). The Bertz CT molecular complexity index is 406. The highest BCUT2D eigenvalue weighted by Gasteiger charge is 2.19. The van der Waals surface area contributed by atoms with Crippen LogP contribution in [0.15, 0.2) is 0 Å². The lowest BCUT2D eigenvalue weighted by Crippen LogP contribution is -2.18. The number of carbonyl (C=O) groups excluding carboxylic acids is 1. The van der Waals surface area contributed by atoms with E-state index in [2.05, 4.69) is 27.7 Å². The molecule has 0 amide bonds. The maximum absolute atomic E-state index is 12.2. The summed E-state index contributed by atoms with van der Waals surface area (Å²) >= 11 is 0. The van der Waals surface area contributed by atoms with Gasteiger partial charge in [0, 0.05) is 0 Å². The number of unbranched alkanes of at least 4 members (excludes halogenated alkanes) is 16. The summed E-state index contributed by atoms with van der Waals surface area (Å²) in [7, 11) is 0. The van der Waals surface area contributed by atoms with Crippen molar-refractivity contribution in [1.29, 1.82) is 0 Å². The van der Waals surface area contributed by atoms with Crippen LogP contribution in [0.25, 0.3) is 0 Å². The maximum atomic E-state index is 12.2. The van der Waals surface area contributed by atoms with Crippen molar-refractivity contribution in [1.82, 2.24) is 0 Å². The molecule has 0 aliphatic carbocycles. The van der Waals surface area contributed by atoms with Crippen LogP contribution in [0.1, 0.15) is 169 Å². The predicted molar refractivity (Wildman–Crippen MR) is 147 cm³/mol. The van der Waals surface area contributed by atoms with E-state index in [9.17, 15) is 4.79 Å². The molecule has 0 heterocycles. The van der Waals surface area contributed by atoms with Crippen molar-refractivity contribution in [3.63, 3.8) is 0 Å². The molecule has 0 spiro atoms. The molecule has 33 heavy (non-hydrogen) atoms. The normalized spacial score (nSPS) is 14.2. The fraction of sp³-hybridized carbons (Fsp3) is 0.968. The van der Waals surface area contributed by atoms with Gasteiger partial charge in [0.25, 0.3) is 0 Å². The first kappa shape index (κ1) is 32.5. The van der Waals surface area contributed by atoms with Gasteiger partial charge in [0.05, 0.1) is 12.5 Å². The van der Waals surface area contributed by atoms with Crippen molar-refractivity contribution in [2.24, 2.45) is 17.8 Å². The number of ether oxygens (including phenoxy) is 1. The van der Waals surface area contributed by atoms with E-state index in [1.807, 2.05) is 6.92 Å². The summed E-state index contributed by atoms with van der Waals surface area (Å²) in [5.41, 5.74) is 0. The van der Waals surface area contributed by atoms with Gasteiger partial charge in [-0.3, -0.25) is 4.79 Å². The molecule has 0 aromatic carbocycles. The van der Waals surface area contributed by atoms with Crippen molar-refractivity contribution in [2.75, 3.05) is 6.61 Å². The van der Waals surface area contributed by atoms with E-state index in [0.29, 0.717) is 12.5 Å². The van der Waals surface area contributed by atoms with Crippen molar-refractivity contribution in [3.05, 3.63) is 0 Å². The first-order chi connectivity index (χ1) is 16.0. The molecular formula is C31H62O2. The summed E-state index contributed by atoms with van der Waals surface area (Å²) in [5.74, 6) is 1.43. The van der Waals surface area contributed by atoms with Crippen LogP contribution in [-0.4, -0.2) is 12.6 Å². The van der Waals surface area contributed by atoms with Crippen LogP contribution in [0.4, 0.5) is 0 Å². The molecule has 0 aliphatic heterocycles. The van der Waals surface area contributed by atoms with Crippen LogP contribution in [0, 0.1) is 17.8 Å². The summed E-state index contributed by atoms with van der Waals surface area (Å²) < 4.78 is 5.54. The molecule has 2 heteroatoms. The second-order valence-electron chi connectivity index (χ2n) is 11.2. The standard InChI is InChI=1S/C31H62O2/c1-6-8-9-10-11-12-13-14-15-16-17-18-19-20-21-22-23-25-33-31(32)30(5)27-29(4)26-28(3)24-7-2/h28-30H,6-27H2,1-5H3. The Morgan fingerprint density at radius 1 is 0.545 bits per heavy atom. The maximum Gasteiger partial charge on any atom is 0.308 e. The van der Waals surface area contributed by atoms with E-state index < -0.39 is 0 Å². The van der Waals surface area contributed by atoms with E-state index in [-0.39, 0.29) is 11.9 Å². The molecular weight excluding hydrogens is 404 g/mol. The molecule has 0 aliphatic rings. The highest BCUT2D eigenvalue weighted by atomic mass is 16.5. The van der Waals surface area contributed by atoms with Gasteiger partial charge in [-0.1, -0.05) is 150 Å². The van der Waals surface area contributed by atoms with Crippen LogP contribution in [0.2, 0.25) is 0 Å². The smallest absolute Gasteiger partial charge is 0.308 e. The van der Waals surface area contributed by atoms with Crippen LogP contribution in [-0.2, 0) is 9.53 Å². The highest BCUT2D eigenvalue weighted by molar-refractivity contribution is 5.71. The zero-order chi connectivity index (χ0) is 24.6. The SMILES string of the molecule is CCCCCCCCCCCCCCCCCCCOC(=O)C(C)CC(C)CC(C)CCC. The second kappa shape index (κ2) is 24.6. The third-order valence-electron chi connectivity index (χ3n) is 7.24. The molecule has 0 fully saturated rings. The molecule has 0 aromatic heterocycles. The van der Waals surface area contributed by atoms with Gasteiger partial charge in [-0.05, 0) is 31.1 Å². The molecule has 198 valence electrons. The number of carbonyl (C=O) groups is 1. The van der Waals surface area contributed by atoms with Crippen LogP contribution >= 0.6 is 0 Å². The lowest BCUT2D eigenvalue weighted by Gasteiger charge is -2.19. The molecule has 0 N–H and O–H groups in total. The van der Waals surface area contributed by atoms with Crippen molar-refractivity contribution >= 4 is 5.97 Å². The van der Waals surface area contributed by atoms with Gasteiger partial charge in [-0.25, -0.2) is 0 Å². The molecule has 0 saturated heterocycles. The zero-order valence-corrected chi connectivity index (χ0v) is 23.6. The molecule has 3 unspecified atom stereocenters. The Labute approximate surface area is 209 Å². The number of hydrogen-bond acceptors (Lipinski definition) is 2. The minimum Gasteiger partial charge on any atom is -0.465 e. The van der Waals surface area contributed by atoms with Crippen molar-refractivity contribution in [3.8, 4) is 0 Å². The Hall–Kier alpha value is -0.530. The van der Waals surface area contributed by atoms with E-state index in [0.717, 1.165) is 18.8 Å². The number of rotatable bonds is 25. The van der Waals surface area contributed by atoms with Crippen LogP contribution in [0.5, 0.6) is 0 Å². The Morgan fingerprint density at radius 3 is 1.39 bits per heavy atom. The molecule has 3 atom stereocenters. The summed E-state index contributed by atoms with van der Waals surface area (Å²) in [6, 6.07) is 0. The van der Waals surface area contributed by atoms with Crippen molar-refractivity contribution in [2.45, 2.75) is 169 Å². The average Bonchev–Trinajstić information content (AvgIpc) is 2.78. The molecule has 0 radical (unpaired) electrons. The largest absolute Gasteiger partial charge is 0.465 e. The molecule has 0 saturated carbocycles. The third-order valence-corrected chi connectivity index (χ3v) is 7.24. The van der Waals surface area contributed by atoms with Crippen LogP contribution in [0.3, 0.4) is 0 Å². The minimum absolute atomic E-state index is 0.0153. The highest BCUT2D eigenvalue weighted by Crippen LogP contribution is 2.23.